The molecule has 2 unspecified atom stereocenters. The lowest BCUT2D eigenvalue weighted by Crippen LogP contribution is -2.31. The maximum absolute atomic E-state index is 6.39. The van der Waals surface area contributed by atoms with Gasteiger partial charge < -0.3 is 18.9 Å². The lowest BCUT2D eigenvalue weighted by Gasteiger charge is -2.33. The van der Waals surface area contributed by atoms with Crippen molar-refractivity contribution in [3.8, 4) is 11.5 Å². The standard InChI is InChI=1S/C20H22O4/c1-13(2)21-11-16-8-15-9-18-19(23-12-22-18)10-17(15)20(24-16)14-6-4-3-5-7-14/h3-7,9-10,13,16,20H,8,11-12H2,1-2H3. The van der Waals surface area contributed by atoms with Crippen LogP contribution >= 0.6 is 0 Å². The molecule has 0 aliphatic carbocycles. The molecule has 4 rings (SSSR count). The van der Waals surface area contributed by atoms with E-state index in [4.69, 9.17) is 18.9 Å². The summed E-state index contributed by atoms with van der Waals surface area (Å²) in [5.41, 5.74) is 3.55. The van der Waals surface area contributed by atoms with E-state index in [0.717, 1.165) is 29.0 Å². The number of rotatable bonds is 4. The first-order valence-electron chi connectivity index (χ1n) is 8.45. The molecule has 0 aromatic heterocycles. The van der Waals surface area contributed by atoms with Gasteiger partial charge in [0.2, 0.25) is 6.79 Å². The highest BCUT2D eigenvalue weighted by Crippen LogP contribution is 2.42. The molecule has 2 atom stereocenters. The van der Waals surface area contributed by atoms with E-state index in [0.29, 0.717) is 6.61 Å². The first kappa shape index (κ1) is 15.5. The Kier molecular flexibility index (Phi) is 4.17. The van der Waals surface area contributed by atoms with Crippen LogP contribution in [0.1, 0.15) is 36.6 Å². The summed E-state index contributed by atoms with van der Waals surface area (Å²) in [6.45, 7) is 4.97. The highest BCUT2D eigenvalue weighted by molar-refractivity contribution is 5.52. The first-order valence-corrected chi connectivity index (χ1v) is 8.45. The molecule has 0 radical (unpaired) electrons. The molecule has 126 valence electrons. The second-order valence-corrected chi connectivity index (χ2v) is 6.54. The van der Waals surface area contributed by atoms with E-state index in [2.05, 4.69) is 24.3 Å². The van der Waals surface area contributed by atoms with Gasteiger partial charge in [-0.1, -0.05) is 30.3 Å². The highest BCUT2D eigenvalue weighted by Gasteiger charge is 2.31. The molecule has 2 heterocycles. The second kappa shape index (κ2) is 6.46. The molecule has 4 heteroatoms. The van der Waals surface area contributed by atoms with Gasteiger partial charge in [0, 0.05) is 6.42 Å². The fraction of sp³-hybridized carbons (Fsp3) is 0.400. The van der Waals surface area contributed by atoms with Crippen molar-refractivity contribution in [3.05, 3.63) is 59.2 Å². The zero-order valence-electron chi connectivity index (χ0n) is 14.0. The van der Waals surface area contributed by atoms with E-state index < -0.39 is 0 Å². The van der Waals surface area contributed by atoms with Crippen LogP contribution in [0.2, 0.25) is 0 Å². The molecule has 24 heavy (non-hydrogen) atoms. The highest BCUT2D eigenvalue weighted by atomic mass is 16.7. The van der Waals surface area contributed by atoms with Crippen LogP contribution in [-0.4, -0.2) is 25.6 Å². The Bertz CT molecular complexity index is 711. The number of fused-ring (bicyclic) bond motifs is 2. The predicted molar refractivity (Wildman–Crippen MR) is 90.5 cm³/mol. The van der Waals surface area contributed by atoms with Crippen LogP contribution in [0.15, 0.2) is 42.5 Å². The second-order valence-electron chi connectivity index (χ2n) is 6.54. The van der Waals surface area contributed by atoms with Crippen LogP contribution < -0.4 is 9.47 Å². The number of hydrogen-bond donors (Lipinski definition) is 0. The average Bonchev–Trinajstić information content (AvgIpc) is 3.05. The molecule has 2 aliphatic heterocycles. The fourth-order valence-electron chi connectivity index (χ4n) is 3.26. The van der Waals surface area contributed by atoms with E-state index in [-0.39, 0.29) is 25.1 Å². The molecular weight excluding hydrogens is 304 g/mol. The van der Waals surface area contributed by atoms with Gasteiger partial charge in [-0.05, 0) is 42.7 Å². The van der Waals surface area contributed by atoms with Gasteiger partial charge in [-0.3, -0.25) is 0 Å². The van der Waals surface area contributed by atoms with E-state index >= 15 is 0 Å². The summed E-state index contributed by atoms with van der Waals surface area (Å²) in [6.07, 6.45) is 0.944. The Morgan fingerprint density at radius 2 is 1.83 bits per heavy atom. The Labute approximate surface area is 142 Å². The minimum Gasteiger partial charge on any atom is -0.454 e. The van der Waals surface area contributed by atoms with Crippen molar-refractivity contribution < 1.29 is 18.9 Å². The van der Waals surface area contributed by atoms with Crippen molar-refractivity contribution in [3.63, 3.8) is 0 Å². The summed E-state index contributed by atoms with van der Waals surface area (Å²) in [5.74, 6) is 1.63. The van der Waals surface area contributed by atoms with Crippen LogP contribution in [-0.2, 0) is 15.9 Å². The van der Waals surface area contributed by atoms with Crippen molar-refractivity contribution in [2.75, 3.05) is 13.4 Å². The van der Waals surface area contributed by atoms with Crippen molar-refractivity contribution in [1.29, 1.82) is 0 Å². The third kappa shape index (κ3) is 2.99. The minimum absolute atomic E-state index is 0.0328. The third-order valence-corrected chi connectivity index (χ3v) is 4.41. The maximum atomic E-state index is 6.39. The zero-order chi connectivity index (χ0) is 16.5. The van der Waals surface area contributed by atoms with Crippen molar-refractivity contribution in [2.45, 2.75) is 38.6 Å². The van der Waals surface area contributed by atoms with Crippen LogP contribution in [0, 0.1) is 0 Å². The van der Waals surface area contributed by atoms with E-state index in [9.17, 15) is 0 Å². The summed E-state index contributed by atoms with van der Waals surface area (Å²) in [7, 11) is 0. The van der Waals surface area contributed by atoms with Crippen molar-refractivity contribution in [1.82, 2.24) is 0 Å². The van der Waals surface area contributed by atoms with Crippen molar-refractivity contribution >= 4 is 0 Å². The fourth-order valence-corrected chi connectivity index (χ4v) is 3.26. The summed E-state index contributed by atoms with van der Waals surface area (Å²) >= 11 is 0. The summed E-state index contributed by atoms with van der Waals surface area (Å²) in [5, 5.41) is 0. The Balaban J connectivity index is 1.70. The molecule has 2 aromatic rings. The Hall–Kier alpha value is -2.04. The number of hydrogen-bond acceptors (Lipinski definition) is 4. The lowest BCUT2D eigenvalue weighted by atomic mass is 9.90. The summed E-state index contributed by atoms with van der Waals surface area (Å²) in [6, 6.07) is 14.5. The molecule has 0 saturated heterocycles. The van der Waals surface area contributed by atoms with Crippen LogP contribution in [0.25, 0.3) is 0 Å². The molecule has 0 bridgehead atoms. The minimum atomic E-state index is -0.106. The lowest BCUT2D eigenvalue weighted by molar-refractivity contribution is -0.0658. The first-order chi connectivity index (χ1) is 11.7. The molecule has 2 aromatic carbocycles. The average molecular weight is 326 g/mol. The maximum Gasteiger partial charge on any atom is 0.231 e. The monoisotopic (exact) mass is 326 g/mol. The largest absolute Gasteiger partial charge is 0.454 e. The van der Waals surface area contributed by atoms with Gasteiger partial charge >= 0.3 is 0 Å². The van der Waals surface area contributed by atoms with Gasteiger partial charge in [0.25, 0.3) is 0 Å². The van der Waals surface area contributed by atoms with Crippen LogP contribution in [0.4, 0.5) is 0 Å². The molecular formula is C20H22O4. The van der Waals surface area contributed by atoms with Crippen LogP contribution in [0.3, 0.4) is 0 Å². The third-order valence-electron chi connectivity index (χ3n) is 4.41. The summed E-state index contributed by atoms with van der Waals surface area (Å²) < 4.78 is 23.3. The SMILES string of the molecule is CC(C)OCC1Cc2cc3c(cc2C(c2ccccc2)O1)OCO3. The molecule has 2 aliphatic rings. The Morgan fingerprint density at radius 1 is 1.08 bits per heavy atom. The van der Waals surface area contributed by atoms with E-state index in [1.54, 1.807) is 0 Å². The van der Waals surface area contributed by atoms with Crippen molar-refractivity contribution in [2.24, 2.45) is 0 Å². The molecule has 0 spiro atoms. The van der Waals surface area contributed by atoms with E-state index in [1.165, 1.54) is 5.56 Å². The molecule has 4 nitrogen and oxygen atoms in total. The van der Waals surface area contributed by atoms with Gasteiger partial charge in [-0.2, -0.15) is 0 Å². The Morgan fingerprint density at radius 3 is 2.58 bits per heavy atom. The predicted octanol–water partition coefficient (Wildman–Crippen LogP) is 3.87. The number of benzene rings is 2. The molecule has 0 N–H and O–H groups in total. The van der Waals surface area contributed by atoms with Crippen LogP contribution in [0.5, 0.6) is 11.5 Å². The van der Waals surface area contributed by atoms with Gasteiger partial charge in [0.05, 0.1) is 18.8 Å². The topological polar surface area (TPSA) is 36.9 Å². The molecule has 0 fully saturated rings. The normalized spacial score (nSPS) is 21.8. The molecule has 0 saturated carbocycles. The summed E-state index contributed by atoms with van der Waals surface area (Å²) in [4.78, 5) is 0. The van der Waals surface area contributed by atoms with Gasteiger partial charge in [0.15, 0.2) is 11.5 Å². The van der Waals surface area contributed by atoms with E-state index in [1.807, 2.05) is 32.0 Å². The molecule has 0 amide bonds. The number of ether oxygens (including phenoxy) is 4. The van der Waals surface area contributed by atoms with Gasteiger partial charge in [0.1, 0.15) is 6.10 Å². The van der Waals surface area contributed by atoms with Gasteiger partial charge in [-0.25, -0.2) is 0 Å². The quantitative estimate of drug-likeness (QED) is 0.855. The zero-order valence-corrected chi connectivity index (χ0v) is 14.0. The van der Waals surface area contributed by atoms with Gasteiger partial charge in [-0.15, -0.1) is 0 Å². The smallest absolute Gasteiger partial charge is 0.231 e.